The molecule has 0 aliphatic rings. The molecule has 1 amide bonds. The number of sulfonamides is 1. The molecule has 0 aliphatic carbocycles. The van der Waals surface area contributed by atoms with Crippen molar-refractivity contribution in [1.29, 1.82) is 0 Å². The Morgan fingerprint density at radius 2 is 2.00 bits per heavy atom. The Labute approximate surface area is 134 Å². The van der Waals surface area contributed by atoms with Gasteiger partial charge in [-0.15, -0.1) is 0 Å². The number of carbonyl (C=O) groups is 1. The predicted octanol–water partition coefficient (Wildman–Crippen LogP) is 0.539. The van der Waals surface area contributed by atoms with Crippen molar-refractivity contribution in [3.63, 3.8) is 0 Å². The van der Waals surface area contributed by atoms with E-state index in [0.717, 1.165) is 6.26 Å². The van der Waals surface area contributed by atoms with Gasteiger partial charge in [0.1, 0.15) is 0 Å². The molecule has 1 heterocycles. The fourth-order valence-electron chi connectivity index (χ4n) is 2.16. The minimum absolute atomic E-state index is 0.306. The Morgan fingerprint density at radius 1 is 1.30 bits per heavy atom. The average Bonchev–Trinajstić information content (AvgIpc) is 2.49. The number of carbonyl (C=O) groups excluding carboxylic acids is 1. The molecule has 0 aliphatic heterocycles. The van der Waals surface area contributed by atoms with Gasteiger partial charge in [0.15, 0.2) is 0 Å². The molecule has 1 aromatic carbocycles. The number of nitrogens with one attached hydrogen (secondary N) is 2. The fourth-order valence-corrected chi connectivity index (χ4v) is 2.62. The summed E-state index contributed by atoms with van der Waals surface area (Å²) in [5.41, 5.74) is 0.563. The number of hydrogen-bond acceptors (Lipinski definition) is 4. The minimum atomic E-state index is -3.21. The summed E-state index contributed by atoms with van der Waals surface area (Å²) in [5.74, 6) is -0.352. The second-order valence-electron chi connectivity index (χ2n) is 5.29. The van der Waals surface area contributed by atoms with Gasteiger partial charge < -0.3 is 10.3 Å². The largest absolute Gasteiger partial charge is 0.352 e. The van der Waals surface area contributed by atoms with Crippen LogP contribution in [0.3, 0.4) is 0 Å². The quantitative estimate of drug-likeness (QED) is 0.752. The molecular weight excluding hydrogens is 318 g/mol. The topological polar surface area (TPSA) is 99.3 Å². The molecule has 0 saturated heterocycles. The van der Waals surface area contributed by atoms with Crippen LogP contribution >= 0.6 is 0 Å². The zero-order valence-electron chi connectivity index (χ0n) is 13.0. The number of aromatic amines is 1. The fraction of sp³-hybridized carbons (Fsp3) is 0.333. The third kappa shape index (κ3) is 4.40. The van der Waals surface area contributed by atoms with Crippen LogP contribution in [0.2, 0.25) is 0 Å². The molecule has 0 unspecified atom stereocenters. The third-order valence-electron chi connectivity index (χ3n) is 3.50. The Hall–Kier alpha value is -2.19. The molecule has 23 heavy (non-hydrogen) atoms. The lowest BCUT2D eigenvalue weighted by molar-refractivity contribution is 0.0954. The number of rotatable bonds is 6. The van der Waals surface area contributed by atoms with Gasteiger partial charge in [0.2, 0.25) is 15.6 Å². The summed E-state index contributed by atoms with van der Waals surface area (Å²) in [5, 5.41) is 3.38. The van der Waals surface area contributed by atoms with Gasteiger partial charge in [0, 0.05) is 37.1 Å². The molecule has 0 bridgehead atoms. The zero-order valence-corrected chi connectivity index (χ0v) is 13.8. The van der Waals surface area contributed by atoms with Crippen molar-refractivity contribution < 1.29 is 13.2 Å². The van der Waals surface area contributed by atoms with Crippen LogP contribution in [0.4, 0.5) is 0 Å². The van der Waals surface area contributed by atoms with Gasteiger partial charge in [-0.2, -0.15) is 0 Å². The monoisotopic (exact) mass is 337 g/mol. The second-order valence-corrected chi connectivity index (χ2v) is 7.38. The number of aromatic nitrogens is 1. The van der Waals surface area contributed by atoms with Crippen LogP contribution in [-0.2, 0) is 10.0 Å². The summed E-state index contributed by atoms with van der Waals surface area (Å²) in [4.78, 5) is 26.6. The number of benzene rings is 1. The molecule has 1 aromatic heterocycles. The van der Waals surface area contributed by atoms with Gasteiger partial charge in [-0.1, -0.05) is 18.2 Å². The highest BCUT2D eigenvalue weighted by Gasteiger charge is 2.12. The van der Waals surface area contributed by atoms with Gasteiger partial charge in [-0.05, 0) is 12.5 Å². The van der Waals surface area contributed by atoms with Crippen molar-refractivity contribution in [3.8, 4) is 0 Å². The van der Waals surface area contributed by atoms with Crippen molar-refractivity contribution in [2.45, 2.75) is 6.42 Å². The van der Waals surface area contributed by atoms with E-state index in [1.807, 2.05) is 0 Å². The summed E-state index contributed by atoms with van der Waals surface area (Å²) in [6.07, 6.45) is 1.62. The normalized spacial score (nSPS) is 11.8. The highest BCUT2D eigenvalue weighted by atomic mass is 32.2. The van der Waals surface area contributed by atoms with E-state index in [0.29, 0.717) is 36.0 Å². The Kier molecular flexibility index (Phi) is 5.17. The number of amides is 1. The highest BCUT2D eigenvalue weighted by Crippen LogP contribution is 2.14. The lowest BCUT2D eigenvalue weighted by Gasteiger charge is -2.14. The number of nitrogens with zero attached hydrogens (tertiary/aromatic N) is 1. The van der Waals surface area contributed by atoms with E-state index in [-0.39, 0.29) is 11.5 Å². The molecule has 124 valence electrons. The number of hydrogen-bond donors (Lipinski definition) is 2. The van der Waals surface area contributed by atoms with Crippen molar-refractivity contribution >= 4 is 26.8 Å². The summed E-state index contributed by atoms with van der Waals surface area (Å²) in [6.45, 7) is 0.634. The Balaban J connectivity index is 2.03. The van der Waals surface area contributed by atoms with Crippen LogP contribution in [0.5, 0.6) is 0 Å². The summed E-state index contributed by atoms with van der Waals surface area (Å²) < 4.78 is 23.8. The first kappa shape index (κ1) is 17.2. The van der Waals surface area contributed by atoms with E-state index in [9.17, 15) is 18.0 Å². The number of H-pyrrole nitrogens is 1. The molecule has 0 spiro atoms. The lowest BCUT2D eigenvalue weighted by Crippen LogP contribution is -2.31. The van der Waals surface area contributed by atoms with Crippen LogP contribution in [0.25, 0.3) is 10.9 Å². The first-order valence-corrected chi connectivity index (χ1v) is 8.95. The van der Waals surface area contributed by atoms with Crippen molar-refractivity contribution in [1.82, 2.24) is 14.6 Å². The molecule has 0 saturated carbocycles. The summed E-state index contributed by atoms with van der Waals surface area (Å²) in [7, 11) is -1.73. The van der Waals surface area contributed by atoms with Crippen LogP contribution in [0, 0.1) is 0 Å². The van der Waals surface area contributed by atoms with E-state index in [1.54, 1.807) is 24.3 Å². The second kappa shape index (κ2) is 6.93. The predicted molar refractivity (Wildman–Crippen MR) is 89.0 cm³/mol. The molecule has 2 rings (SSSR count). The van der Waals surface area contributed by atoms with E-state index < -0.39 is 10.0 Å². The molecular formula is C15H19N3O4S. The summed E-state index contributed by atoms with van der Waals surface area (Å²) >= 11 is 0. The van der Waals surface area contributed by atoms with Gasteiger partial charge >= 0.3 is 0 Å². The maximum atomic E-state index is 12.3. The van der Waals surface area contributed by atoms with Gasteiger partial charge in [-0.3, -0.25) is 9.59 Å². The van der Waals surface area contributed by atoms with E-state index in [4.69, 9.17) is 0 Å². The van der Waals surface area contributed by atoms with E-state index in [2.05, 4.69) is 10.3 Å². The molecule has 2 N–H and O–H groups in total. The van der Waals surface area contributed by atoms with E-state index >= 15 is 0 Å². The number of pyridine rings is 1. The first-order chi connectivity index (χ1) is 10.8. The van der Waals surface area contributed by atoms with Gasteiger partial charge in [0.25, 0.3) is 5.91 Å². The van der Waals surface area contributed by atoms with Crippen LogP contribution < -0.4 is 10.9 Å². The third-order valence-corrected chi connectivity index (χ3v) is 4.81. The molecule has 7 nitrogen and oxygen atoms in total. The zero-order chi connectivity index (χ0) is 17.0. The average molecular weight is 337 g/mol. The molecule has 8 heteroatoms. The van der Waals surface area contributed by atoms with Crippen LogP contribution in [0.15, 0.2) is 35.1 Å². The lowest BCUT2D eigenvalue weighted by atomic mass is 10.1. The number of para-hydroxylation sites is 1. The van der Waals surface area contributed by atoms with E-state index in [1.165, 1.54) is 17.4 Å². The standard InChI is InChI=1S/C15H19N3O4S/c1-18(23(2,21)22)9-5-8-16-15(20)12-10-14(19)17-13-7-4-3-6-11(12)13/h3-4,6-7,10H,5,8-9H2,1-2H3,(H,16,20)(H,17,19). The van der Waals surface area contributed by atoms with Gasteiger partial charge in [-0.25, -0.2) is 12.7 Å². The van der Waals surface area contributed by atoms with Crippen LogP contribution in [0.1, 0.15) is 16.8 Å². The maximum absolute atomic E-state index is 12.3. The van der Waals surface area contributed by atoms with Crippen LogP contribution in [-0.4, -0.2) is 50.0 Å². The molecule has 2 aromatic rings. The minimum Gasteiger partial charge on any atom is -0.352 e. The molecule has 0 fully saturated rings. The van der Waals surface area contributed by atoms with Crippen molar-refractivity contribution in [3.05, 3.63) is 46.2 Å². The SMILES string of the molecule is CN(CCCNC(=O)c1cc(=O)[nH]c2ccccc12)S(C)(=O)=O. The maximum Gasteiger partial charge on any atom is 0.252 e. The van der Waals surface area contributed by atoms with Gasteiger partial charge in [0.05, 0.1) is 11.8 Å². The molecule has 0 atom stereocenters. The van der Waals surface area contributed by atoms with Crippen molar-refractivity contribution in [2.24, 2.45) is 0 Å². The number of fused-ring (bicyclic) bond motifs is 1. The summed E-state index contributed by atoms with van der Waals surface area (Å²) in [6, 6.07) is 8.33. The first-order valence-electron chi connectivity index (χ1n) is 7.10. The Morgan fingerprint density at radius 3 is 2.70 bits per heavy atom. The highest BCUT2D eigenvalue weighted by molar-refractivity contribution is 7.88. The molecule has 0 radical (unpaired) electrons. The van der Waals surface area contributed by atoms with Crippen molar-refractivity contribution in [2.75, 3.05) is 26.4 Å². The smallest absolute Gasteiger partial charge is 0.252 e. The Bertz CT molecular complexity index is 874.